The molecule has 7 heteroatoms. The number of benzene rings is 1. The maximum Gasteiger partial charge on any atom is 0.223 e. The van der Waals surface area contributed by atoms with Crippen LogP contribution in [0, 0.1) is 0 Å². The number of nitrogens with two attached hydrogens (primary N) is 1. The Hall–Kier alpha value is -2.57. The second kappa shape index (κ2) is 6.55. The largest absolute Gasteiger partial charge is 0.493 e. The minimum Gasteiger partial charge on any atom is -0.493 e. The van der Waals surface area contributed by atoms with Crippen molar-refractivity contribution in [2.45, 2.75) is 13.0 Å². The number of rotatable bonds is 6. The van der Waals surface area contributed by atoms with Crippen LogP contribution in [0.2, 0.25) is 0 Å². The molecule has 0 unspecified atom stereocenters. The Kier molecular flexibility index (Phi) is 4.54. The number of carbonyl (C=O) groups excluding carboxylic acids is 1. The van der Waals surface area contributed by atoms with Crippen molar-refractivity contribution in [2.75, 3.05) is 12.3 Å². The van der Waals surface area contributed by atoms with Crippen LogP contribution in [0.25, 0.3) is 0 Å². The highest BCUT2D eigenvalue weighted by Crippen LogP contribution is 2.14. The first-order valence-electron chi connectivity index (χ1n) is 6.23. The van der Waals surface area contributed by atoms with Gasteiger partial charge in [0.15, 0.2) is 5.82 Å². The Balaban J connectivity index is 1.69. The van der Waals surface area contributed by atoms with Gasteiger partial charge in [0.25, 0.3) is 0 Å². The predicted molar refractivity (Wildman–Crippen MR) is 73.8 cm³/mol. The van der Waals surface area contributed by atoms with E-state index >= 15 is 0 Å². The molecule has 20 heavy (non-hydrogen) atoms. The van der Waals surface area contributed by atoms with Gasteiger partial charge in [0, 0.05) is 18.8 Å². The summed E-state index contributed by atoms with van der Waals surface area (Å²) in [5.74, 6) is 1.26. The molecular formula is C13H17N5O2. The van der Waals surface area contributed by atoms with Crippen molar-refractivity contribution in [1.82, 2.24) is 20.1 Å². The molecule has 2 aromatic rings. The molecule has 0 bridgehead atoms. The van der Waals surface area contributed by atoms with Gasteiger partial charge in [-0.1, -0.05) is 6.07 Å². The lowest BCUT2D eigenvalue weighted by Gasteiger charge is -2.07. The molecule has 3 N–H and O–H groups in total. The summed E-state index contributed by atoms with van der Waals surface area (Å²) in [5.41, 5.74) is 6.27. The smallest absolute Gasteiger partial charge is 0.223 e. The van der Waals surface area contributed by atoms with Crippen LogP contribution in [0.4, 0.5) is 5.69 Å². The van der Waals surface area contributed by atoms with Crippen LogP contribution in [0.5, 0.6) is 5.75 Å². The second-order valence-electron chi connectivity index (χ2n) is 4.31. The van der Waals surface area contributed by atoms with Crippen LogP contribution < -0.4 is 15.8 Å². The molecule has 0 spiro atoms. The van der Waals surface area contributed by atoms with E-state index in [2.05, 4.69) is 15.5 Å². The van der Waals surface area contributed by atoms with Gasteiger partial charge in [0.2, 0.25) is 5.91 Å². The lowest BCUT2D eigenvalue weighted by Crippen LogP contribution is -2.25. The number of amides is 1. The topological polar surface area (TPSA) is 95.1 Å². The molecule has 0 atom stereocenters. The number of carbonyl (C=O) groups is 1. The Bertz CT molecular complexity index is 582. The molecule has 1 aromatic heterocycles. The van der Waals surface area contributed by atoms with Gasteiger partial charge in [-0.3, -0.25) is 4.79 Å². The Morgan fingerprint density at radius 1 is 1.50 bits per heavy atom. The zero-order valence-electron chi connectivity index (χ0n) is 11.2. The standard InChI is InChI=1S/C13H17N5O2/c1-18-9-16-17-12(18)8-15-13(19)5-6-20-11-4-2-3-10(14)7-11/h2-4,7,9H,5-6,8,14H2,1H3,(H,15,19). The average molecular weight is 275 g/mol. The number of hydrogen-bond acceptors (Lipinski definition) is 5. The number of nitrogens with zero attached hydrogens (tertiary/aromatic N) is 3. The van der Waals surface area contributed by atoms with Crippen LogP contribution in [-0.2, 0) is 18.4 Å². The normalized spacial score (nSPS) is 10.2. The predicted octanol–water partition coefficient (Wildman–Crippen LogP) is 0.483. The Morgan fingerprint density at radius 2 is 2.35 bits per heavy atom. The maximum absolute atomic E-state index is 11.6. The molecule has 7 nitrogen and oxygen atoms in total. The third kappa shape index (κ3) is 3.98. The zero-order chi connectivity index (χ0) is 14.4. The van der Waals surface area contributed by atoms with Crippen molar-refractivity contribution in [3.63, 3.8) is 0 Å². The molecule has 0 saturated heterocycles. The van der Waals surface area contributed by atoms with E-state index < -0.39 is 0 Å². The fourth-order valence-corrected chi connectivity index (χ4v) is 1.60. The maximum atomic E-state index is 11.6. The van der Waals surface area contributed by atoms with Gasteiger partial charge in [-0.2, -0.15) is 0 Å². The quantitative estimate of drug-likeness (QED) is 0.748. The first kappa shape index (κ1) is 13.9. The van der Waals surface area contributed by atoms with Gasteiger partial charge in [-0.25, -0.2) is 0 Å². The summed E-state index contributed by atoms with van der Waals surface area (Å²) in [7, 11) is 1.82. The van der Waals surface area contributed by atoms with E-state index in [1.807, 2.05) is 7.05 Å². The molecule has 1 heterocycles. The van der Waals surface area contributed by atoms with Crippen LogP contribution in [-0.4, -0.2) is 27.3 Å². The van der Waals surface area contributed by atoms with E-state index in [0.717, 1.165) is 0 Å². The van der Waals surface area contributed by atoms with Gasteiger partial charge in [-0.05, 0) is 12.1 Å². The Morgan fingerprint density at radius 3 is 3.05 bits per heavy atom. The molecule has 2 rings (SSSR count). The molecule has 1 aromatic carbocycles. The molecule has 0 aliphatic carbocycles. The number of ether oxygens (including phenoxy) is 1. The highest BCUT2D eigenvalue weighted by molar-refractivity contribution is 5.75. The summed E-state index contributed by atoms with van der Waals surface area (Å²) in [6.45, 7) is 0.654. The first-order valence-corrected chi connectivity index (χ1v) is 6.23. The fourth-order valence-electron chi connectivity index (χ4n) is 1.60. The summed E-state index contributed by atoms with van der Waals surface area (Å²) < 4.78 is 7.20. The van der Waals surface area contributed by atoms with Gasteiger partial charge < -0.3 is 20.4 Å². The summed E-state index contributed by atoms with van der Waals surface area (Å²) in [6.07, 6.45) is 1.86. The SMILES string of the molecule is Cn1cnnc1CNC(=O)CCOc1cccc(N)c1. The van der Waals surface area contributed by atoms with Crippen LogP contribution in [0.15, 0.2) is 30.6 Å². The van der Waals surface area contributed by atoms with Crippen molar-refractivity contribution < 1.29 is 9.53 Å². The van der Waals surface area contributed by atoms with Gasteiger partial charge in [0.05, 0.1) is 19.6 Å². The molecular weight excluding hydrogens is 258 g/mol. The zero-order valence-corrected chi connectivity index (χ0v) is 11.2. The lowest BCUT2D eigenvalue weighted by atomic mass is 10.3. The summed E-state index contributed by atoms with van der Waals surface area (Å²) in [6, 6.07) is 7.10. The lowest BCUT2D eigenvalue weighted by molar-refractivity contribution is -0.121. The minimum atomic E-state index is -0.100. The fraction of sp³-hybridized carbons (Fsp3) is 0.308. The molecule has 106 valence electrons. The molecule has 0 aliphatic heterocycles. The molecule has 0 radical (unpaired) electrons. The van der Waals surface area contributed by atoms with E-state index in [-0.39, 0.29) is 12.3 Å². The highest BCUT2D eigenvalue weighted by atomic mass is 16.5. The van der Waals surface area contributed by atoms with Crippen LogP contribution >= 0.6 is 0 Å². The van der Waals surface area contributed by atoms with E-state index in [1.165, 1.54) is 0 Å². The first-order chi connectivity index (χ1) is 9.65. The van der Waals surface area contributed by atoms with E-state index in [0.29, 0.717) is 30.4 Å². The van der Waals surface area contributed by atoms with Crippen molar-refractivity contribution in [2.24, 2.45) is 7.05 Å². The summed E-state index contributed by atoms with van der Waals surface area (Å²) in [4.78, 5) is 11.6. The van der Waals surface area contributed by atoms with Crippen molar-refractivity contribution in [3.05, 3.63) is 36.4 Å². The van der Waals surface area contributed by atoms with Crippen molar-refractivity contribution in [3.8, 4) is 5.75 Å². The highest BCUT2D eigenvalue weighted by Gasteiger charge is 2.05. The van der Waals surface area contributed by atoms with E-state index in [1.54, 1.807) is 35.2 Å². The summed E-state index contributed by atoms with van der Waals surface area (Å²) >= 11 is 0. The number of nitrogen functional groups attached to an aromatic ring is 1. The van der Waals surface area contributed by atoms with Crippen LogP contribution in [0.1, 0.15) is 12.2 Å². The number of hydrogen-bond donors (Lipinski definition) is 2. The van der Waals surface area contributed by atoms with E-state index in [4.69, 9.17) is 10.5 Å². The van der Waals surface area contributed by atoms with Crippen molar-refractivity contribution in [1.29, 1.82) is 0 Å². The van der Waals surface area contributed by atoms with Gasteiger partial charge >= 0.3 is 0 Å². The second-order valence-corrected chi connectivity index (χ2v) is 4.31. The van der Waals surface area contributed by atoms with Gasteiger partial charge in [0.1, 0.15) is 12.1 Å². The Labute approximate surface area is 116 Å². The van der Waals surface area contributed by atoms with Crippen LogP contribution in [0.3, 0.4) is 0 Å². The molecule has 0 saturated carbocycles. The molecule has 1 amide bonds. The summed E-state index contributed by atoms with van der Waals surface area (Å²) in [5, 5.41) is 10.4. The number of aryl methyl sites for hydroxylation is 1. The average Bonchev–Trinajstić information content (AvgIpc) is 2.82. The minimum absolute atomic E-state index is 0.100. The monoisotopic (exact) mass is 275 g/mol. The number of anilines is 1. The van der Waals surface area contributed by atoms with Crippen molar-refractivity contribution >= 4 is 11.6 Å². The van der Waals surface area contributed by atoms with E-state index in [9.17, 15) is 4.79 Å². The van der Waals surface area contributed by atoms with Gasteiger partial charge in [-0.15, -0.1) is 10.2 Å². The third-order valence-electron chi connectivity index (χ3n) is 2.70. The number of aromatic nitrogens is 3. The third-order valence-corrected chi connectivity index (χ3v) is 2.70. The molecule has 0 fully saturated rings. The number of nitrogens with one attached hydrogen (secondary N) is 1. The molecule has 0 aliphatic rings.